The number of rotatable bonds is 5. The van der Waals surface area contributed by atoms with Crippen molar-refractivity contribution in [1.82, 2.24) is 14.7 Å². The van der Waals surface area contributed by atoms with Crippen molar-refractivity contribution < 1.29 is 0 Å². The molecule has 0 aromatic carbocycles. The average Bonchev–Trinajstić information content (AvgIpc) is 2.77. The average molecular weight is 255 g/mol. The van der Waals surface area contributed by atoms with Crippen LogP contribution in [0.2, 0.25) is 0 Å². The third-order valence-corrected chi connectivity index (χ3v) is 4.57. The maximum absolute atomic E-state index is 4.53. The van der Waals surface area contributed by atoms with E-state index in [-0.39, 0.29) is 4.75 Å². The van der Waals surface area contributed by atoms with Crippen molar-refractivity contribution in [2.24, 2.45) is 0 Å². The highest BCUT2D eigenvalue weighted by atomic mass is 32.2. The summed E-state index contributed by atoms with van der Waals surface area (Å²) in [5.74, 6) is 0. The molecule has 0 aliphatic carbocycles. The predicted octanol–water partition coefficient (Wildman–Crippen LogP) is 2.63. The molecule has 88 valence electrons. The number of hydrogen-bond acceptors (Lipinski definition) is 4. The van der Waals surface area contributed by atoms with Crippen molar-refractivity contribution in [3.8, 4) is 0 Å². The Morgan fingerprint density at radius 1 is 1.56 bits per heavy atom. The van der Waals surface area contributed by atoms with E-state index in [1.54, 1.807) is 11.3 Å². The van der Waals surface area contributed by atoms with Gasteiger partial charge in [0.15, 0.2) is 4.96 Å². The van der Waals surface area contributed by atoms with E-state index in [1.165, 1.54) is 0 Å². The van der Waals surface area contributed by atoms with Crippen LogP contribution in [0.3, 0.4) is 0 Å². The fourth-order valence-electron chi connectivity index (χ4n) is 1.43. The molecule has 0 saturated carbocycles. The molecule has 0 fully saturated rings. The Morgan fingerprint density at radius 2 is 2.38 bits per heavy atom. The molecule has 0 radical (unpaired) electrons. The fourth-order valence-corrected chi connectivity index (χ4v) is 2.39. The molecule has 0 aliphatic rings. The molecule has 3 nitrogen and oxygen atoms in total. The lowest BCUT2D eigenvalue weighted by atomic mass is 10.2. The van der Waals surface area contributed by atoms with Crippen LogP contribution in [0, 0.1) is 0 Å². The molecule has 2 heterocycles. The molecule has 0 spiro atoms. The van der Waals surface area contributed by atoms with E-state index >= 15 is 0 Å². The molecule has 0 unspecified atom stereocenters. The summed E-state index contributed by atoms with van der Waals surface area (Å²) in [5, 5.41) is 5.50. The van der Waals surface area contributed by atoms with Crippen molar-refractivity contribution in [3.05, 3.63) is 23.5 Å². The Bertz CT molecular complexity index is 430. The Labute approximate surface area is 104 Å². The number of thioether (sulfide) groups is 1. The van der Waals surface area contributed by atoms with Gasteiger partial charge in [0.1, 0.15) is 0 Å². The molecule has 0 bridgehead atoms. The first-order valence-corrected chi connectivity index (χ1v) is 7.38. The van der Waals surface area contributed by atoms with Crippen LogP contribution in [0.1, 0.15) is 19.5 Å². The standard InChI is InChI=1S/C11H17N3S2/c1-11(2,15-3)8-12-6-9-7-14-4-5-16-10(14)13-9/h4-5,7,12H,6,8H2,1-3H3. The second kappa shape index (κ2) is 4.77. The van der Waals surface area contributed by atoms with Gasteiger partial charge < -0.3 is 5.32 Å². The van der Waals surface area contributed by atoms with E-state index in [0.717, 1.165) is 23.7 Å². The first-order chi connectivity index (χ1) is 7.61. The van der Waals surface area contributed by atoms with Gasteiger partial charge in [0.2, 0.25) is 0 Å². The second-order valence-electron chi connectivity index (χ2n) is 4.39. The minimum absolute atomic E-state index is 0.289. The number of fused-ring (bicyclic) bond motifs is 1. The predicted molar refractivity (Wildman–Crippen MR) is 72.4 cm³/mol. The van der Waals surface area contributed by atoms with Gasteiger partial charge in [-0.2, -0.15) is 11.8 Å². The van der Waals surface area contributed by atoms with Crippen LogP contribution in [0.5, 0.6) is 0 Å². The summed E-state index contributed by atoms with van der Waals surface area (Å²) in [6.07, 6.45) is 6.28. The zero-order valence-electron chi connectivity index (χ0n) is 9.86. The van der Waals surface area contributed by atoms with Gasteiger partial charge in [-0.05, 0) is 20.1 Å². The highest BCUT2D eigenvalue weighted by Crippen LogP contribution is 2.19. The van der Waals surface area contributed by atoms with Crippen molar-refractivity contribution >= 4 is 28.1 Å². The van der Waals surface area contributed by atoms with Gasteiger partial charge in [0.25, 0.3) is 0 Å². The molecule has 0 aliphatic heterocycles. The zero-order chi connectivity index (χ0) is 11.6. The van der Waals surface area contributed by atoms with Gasteiger partial charge in [0, 0.05) is 35.6 Å². The van der Waals surface area contributed by atoms with Crippen LogP contribution in [0.25, 0.3) is 4.96 Å². The summed E-state index contributed by atoms with van der Waals surface area (Å²) >= 11 is 3.55. The Hall–Kier alpha value is -0.520. The van der Waals surface area contributed by atoms with Gasteiger partial charge in [-0.3, -0.25) is 4.40 Å². The third-order valence-electron chi connectivity index (χ3n) is 2.55. The lowest BCUT2D eigenvalue weighted by Gasteiger charge is -2.21. The summed E-state index contributed by atoms with van der Waals surface area (Å²) in [6, 6.07) is 0. The van der Waals surface area contributed by atoms with Gasteiger partial charge >= 0.3 is 0 Å². The summed E-state index contributed by atoms with van der Waals surface area (Å²) in [4.78, 5) is 5.60. The largest absolute Gasteiger partial charge is 0.310 e. The monoisotopic (exact) mass is 255 g/mol. The fraction of sp³-hybridized carbons (Fsp3) is 0.545. The first kappa shape index (κ1) is 12.0. The molecule has 1 N–H and O–H groups in total. The number of aromatic nitrogens is 2. The van der Waals surface area contributed by atoms with E-state index < -0.39 is 0 Å². The van der Waals surface area contributed by atoms with Crippen LogP contribution in [-0.2, 0) is 6.54 Å². The molecule has 5 heteroatoms. The van der Waals surface area contributed by atoms with Crippen molar-refractivity contribution in [1.29, 1.82) is 0 Å². The molecule has 0 saturated heterocycles. The normalized spacial score (nSPS) is 12.4. The number of hydrogen-bond donors (Lipinski definition) is 1. The summed E-state index contributed by atoms with van der Waals surface area (Å²) in [5.41, 5.74) is 1.11. The van der Waals surface area contributed by atoms with E-state index in [2.05, 4.69) is 46.4 Å². The van der Waals surface area contributed by atoms with Crippen LogP contribution < -0.4 is 5.32 Å². The minimum Gasteiger partial charge on any atom is -0.310 e. The van der Waals surface area contributed by atoms with Gasteiger partial charge in [-0.25, -0.2) is 4.98 Å². The Balaban J connectivity index is 1.89. The topological polar surface area (TPSA) is 29.3 Å². The maximum atomic E-state index is 4.53. The summed E-state index contributed by atoms with van der Waals surface area (Å²) < 4.78 is 2.36. The van der Waals surface area contributed by atoms with Crippen molar-refractivity contribution in [2.45, 2.75) is 25.1 Å². The van der Waals surface area contributed by atoms with E-state index in [4.69, 9.17) is 0 Å². The van der Waals surface area contributed by atoms with Crippen LogP contribution in [-0.4, -0.2) is 26.9 Å². The highest BCUT2D eigenvalue weighted by Gasteiger charge is 2.15. The molecule has 0 amide bonds. The van der Waals surface area contributed by atoms with Crippen molar-refractivity contribution in [2.75, 3.05) is 12.8 Å². The SMILES string of the molecule is CSC(C)(C)CNCc1cn2ccsc2n1. The smallest absolute Gasteiger partial charge is 0.193 e. The van der Waals surface area contributed by atoms with Crippen LogP contribution in [0.4, 0.5) is 0 Å². The number of imidazole rings is 1. The zero-order valence-corrected chi connectivity index (χ0v) is 11.5. The van der Waals surface area contributed by atoms with Crippen LogP contribution in [0.15, 0.2) is 17.8 Å². The van der Waals surface area contributed by atoms with Crippen LogP contribution >= 0.6 is 23.1 Å². The summed E-state index contributed by atoms with van der Waals surface area (Å²) in [6.45, 7) is 6.34. The molecule has 0 atom stereocenters. The quantitative estimate of drug-likeness (QED) is 0.890. The molecular formula is C11H17N3S2. The Kier molecular flexibility index (Phi) is 3.56. The lowest BCUT2D eigenvalue weighted by molar-refractivity contribution is 0.586. The number of nitrogens with one attached hydrogen (secondary N) is 1. The van der Waals surface area contributed by atoms with Crippen molar-refractivity contribution in [3.63, 3.8) is 0 Å². The summed E-state index contributed by atoms with van der Waals surface area (Å²) in [7, 11) is 0. The van der Waals surface area contributed by atoms with Gasteiger partial charge in [-0.15, -0.1) is 11.3 Å². The van der Waals surface area contributed by atoms with E-state index in [9.17, 15) is 0 Å². The minimum atomic E-state index is 0.289. The number of nitrogens with zero attached hydrogens (tertiary/aromatic N) is 2. The molecule has 2 aromatic heterocycles. The molecule has 2 rings (SSSR count). The van der Waals surface area contributed by atoms with Gasteiger partial charge in [-0.1, -0.05) is 0 Å². The molecular weight excluding hydrogens is 238 g/mol. The number of thiazole rings is 1. The second-order valence-corrected chi connectivity index (χ2v) is 6.78. The van der Waals surface area contributed by atoms with E-state index in [1.807, 2.05) is 18.0 Å². The maximum Gasteiger partial charge on any atom is 0.193 e. The highest BCUT2D eigenvalue weighted by molar-refractivity contribution is 7.99. The van der Waals surface area contributed by atoms with Gasteiger partial charge in [0.05, 0.1) is 5.69 Å². The lowest BCUT2D eigenvalue weighted by Crippen LogP contribution is -2.31. The van der Waals surface area contributed by atoms with E-state index in [0.29, 0.717) is 0 Å². The first-order valence-electron chi connectivity index (χ1n) is 5.28. The third kappa shape index (κ3) is 2.78. The molecule has 16 heavy (non-hydrogen) atoms. The molecule has 2 aromatic rings. The Morgan fingerprint density at radius 3 is 3.06 bits per heavy atom.